The standard InChI is InChI=1S/C14H27NO/c1-3-9-15-13(10-16-4-2)14-11-7-5-6-8-12(11)14/h11-15H,3-10H2,1-2H3. The van der Waals surface area contributed by atoms with Crippen molar-refractivity contribution in [3.8, 4) is 0 Å². The minimum atomic E-state index is 0.632. The molecule has 2 aliphatic rings. The Morgan fingerprint density at radius 3 is 2.44 bits per heavy atom. The molecule has 94 valence electrons. The predicted molar refractivity (Wildman–Crippen MR) is 67.5 cm³/mol. The molecule has 2 rings (SSSR count). The van der Waals surface area contributed by atoms with Gasteiger partial charge in [-0.15, -0.1) is 0 Å². The molecule has 0 aromatic rings. The fourth-order valence-electron chi connectivity index (χ4n) is 3.53. The summed E-state index contributed by atoms with van der Waals surface area (Å²) in [5.41, 5.74) is 0. The Balaban J connectivity index is 1.81. The summed E-state index contributed by atoms with van der Waals surface area (Å²) < 4.78 is 5.64. The van der Waals surface area contributed by atoms with Crippen molar-refractivity contribution < 1.29 is 4.74 Å². The molecular formula is C14H27NO. The van der Waals surface area contributed by atoms with Crippen LogP contribution >= 0.6 is 0 Å². The van der Waals surface area contributed by atoms with Crippen LogP contribution in [0.2, 0.25) is 0 Å². The number of rotatable bonds is 7. The van der Waals surface area contributed by atoms with Crippen LogP contribution in [0.1, 0.15) is 46.0 Å². The Kier molecular flexibility index (Phi) is 4.66. The van der Waals surface area contributed by atoms with Crippen molar-refractivity contribution in [1.82, 2.24) is 5.32 Å². The van der Waals surface area contributed by atoms with Crippen LogP contribution in [0, 0.1) is 17.8 Å². The maximum atomic E-state index is 5.64. The molecule has 2 saturated carbocycles. The maximum absolute atomic E-state index is 5.64. The zero-order chi connectivity index (χ0) is 11.4. The SMILES string of the molecule is CCCNC(COCC)C1C2CCCCC21. The third-order valence-electron chi connectivity index (χ3n) is 4.35. The number of hydrogen-bond donors (Lipinski definition) is 1. The van der Waals surface area contributed by atoms with Crippen LogP contribution in [0.5, 0.6) is 0 Å². The van der Waals surface area contributed by atoms with Gasteiger partial charge in [0.05, 0.1) is 6.61 Å². The Bertz CT molecular complexity index is 187. The molecule has 2 aliphatic carbocycles. The van der Waals surface area contributed by atoms with Gasteiger partial charge in [0.2, 0.25) is 0 Å². The van der Waals surface area contributed by atoms with Crippen LogP contribution in [-0.2, 0) is 4.74 Å². The molecule has 2 nitrogen and oxygen atoms in total. The second-order valence-corrected chi connectivity index (χ2v) is 5.41. The average Bonchev–Trinajstić information content (AvgIpc) is 3.04. The highest BCUT2D eigenvalue weighted by atomic mass is 16.5. The summed E-state index contributed by atoms with van der Waals surface area (Å²) in [7, 11) is 0. The molecule has 0 aromatic carbocycles. The van der Waals surface area contributed by atoms with Crippen molar-refractivity contribution in [2.45, 2.75) is 52.0 Å². The highest BCUT2D eigenvalue weighted by Gasteiger charge is 2.53. The predicted octanol–water partition coefficient (Wildman–Crippen LogP) is 2.83. The lowest BCUT2D eigenvalue weighted by atomic mass is 10.0. The number of hydrogen-bond acceptors (Lipinski definition) is 2. The van der Waals surface area contributed by atoms with E-state index >= 15 is 0 Å². The van der Waals surface area contributed by atoms with E-state index in [1.54, 1.807) is 0 Å². The Morgan fingerprint density at radius 2 is 1.88 bits per heavy atom. The first-order chi connectivity index (χ1) is 7.88. The van der Waals surface area contributed by atoms with Gasteiger partial charge in [-0.2, -0.15) is 0 Å². The maximum Gasteiger partial charge on any atom is 0.0622 e. The van der Waals surface area contributed by atoms with Gasteiger partial charge in [0.1, 0.15) is 0 Å². The summed E-state index contributed by atoms with van der Waals surface area (Å²) in [4.78, 5) is 0. The molecule has 0 bridgehead atoms. The average molecular weight is 225 g/mol. The molecule has 0 spiro atoms. The van der Waals surface area contributed by atoms with Gasteiger partial charge in [-0.25, -0.2) is 0 Å². The highest BCUT2D eigenvalue weighted by molar-refractivity contribution is 5.04. The van der Waals surface area contributed by atoms with E-state index in [1.807, 2.05) is 0 Å². The molecule has 2 fully saturated rings. The lowest BCUT2D eigenvalue weighted by Crippen LogP contribution is -2.37. The monoisotopic (exact) mass is 225 g/mol. The number of fused-ring (bicyclic) bond motifs is 1. The molecule has 0 saturated heterocycles. The highest BCUT2D eigenvalue weighted by Crippen LogP contribution is 2.56. The summed E-state index contributed by atoms with van der Waals surface area (Å²) >= 11 is 0. The van der Waals surface area contributed by atoms with Crippen LogP contribution < -0.4 is 5.32 Å². The Hall–Kier alpha value is -0.0800. The topological polar surface area (TPSA) is 21.3 Å². The van der Waals surface area contributed by atoms with Crippen LogP contribution in [0.15, 0.2) is 0 Å². The van der Waals surface area contributed by atoms with Crippen molar-refractivity contribution >= 4 is 0 Å². The summed E-state index contributed by atoms with van der Waals surface area (Å²) in [5, 5.41) is 3.70. The first-order valence-electron chi connectivity index (χ1n) is 7.19. The third-order valence-corrected chi connectivity index (χ3v) is 4.35. The third kappa shape index (κ3) is 2.78. The molecule has 0 radical (unpaired) electrons. The summed E-state index contributed by atoms with van der Waals surface area (Å²) in [6.07, 6.45) is 7.11. The second kappa shape index (κ2) is 6.02. The first kappa shape index (κ1) is 12.4. The molecule has 0 aromatic heterocycles. The van der Waals surface area contributed by atoms with Gasteiger partial charge in [-0.05, 0) is 50.5 Å². The van der Waals surface area contributed by atoms with Gasteiger partial charge in [0.25, 0.3) is 0 Å². The van der Waals surface area contributed by atoms with E-state index in [1.165, 1.54) is 32.1 Å². The second-order valence-electron chi connectivity index (χ2n) is 5.41. The number of nitrogens with one attached hydrogen (secondary N) is 1. The minimum absolute atomic E-state index is 0.632. The summed E-state index contributed by atoms with van der Waals surface area (Å²) in [6.45, 7) is 7.26. The molecule has 2 heteroatoms. The Labute approximate surface area is 100 Å². The molecule has 0 aliphatic heterocycles. The van der Waals surface area contributed by atoms with E-state index < -0.39 is 0 Å². The molecule has 3 unspecified atom stereocenters. The lowest BCUT2D eigenvalue weighted by Gasteiger charge is -2.18. The van der Waals surface area contributed by atoms with Crippen molar-refractivity contribution in [2.24, 2.45) is 17.8 Å². The van der Waals surface area contributed by atoms with E-state index in [2.05, 4.69) is 19.2 Å². The summed E-state index contributed by atoms with van der Waals surface area (Å²) in [6, 6.07) is 0.632. The van der Waals surface area contributed by atoms with E-state index in [0.717, 1.165) is 37.5 Å². The van der Waals surface area contributed by atoms with Crippen LogP contribution in [0.4, 0.5) is 0 Å². The first-order valence-corrected chi connectivity index (χ1v) is 7.19. The van der Waals surface area contributed by atoms with E-state index in [-0.39, 0.29) is 0 Å². The van der Waals surface area contributed by atoms with Gasteiger partial charge in [0.15, 0.2) is 0 Å². The molecule has 0 heterocycles. The van der Waals surface area contributed by atoms with Crippen LogP contribution in [0.25, 0.3) is 0 Å². The number of ether oxygens (including phenoxy) is 1. The summed E-state index contributed by atoms with van der Waals surface area (Å²) in [5.74, 6) is 2.99. The lowest BCUT2D eigenvalue weighted by molar-refractivity contribution is 0.113. The van der Waals surface area contributed by atoms with Crippen molar-refractivity contribution in [1.29, 1.82) is 0 Å². The molecule has 16 heavy (non-hydrogen) atoms. The van der Waals surface area contributed by atoms with Crippen molar-refractivity contribution in [3.05, 3.63) is 0 Å². The van der Waals surface area contributed by atoms with E-state index in [0.29, 0.717) is 6.04 Å². The van der Waals surface area contributed by atoms with Gasteiger partial charge in [-0.1, -0.05) is 19.8 Å². The quantitative estimate of drug-likeness (QED) is 0.719. The van der Waals surface area contributed by atoms with Gasteiger partial charge in [0, 0.05) is 12.6 Å². The van der Waals surface area contributed by atoms with Gasteiger partial charge in [-0.3, -0.25) is 0 Å². The smallest absolute Gasteiger partial charge is 0.0622 e. The zero-order valence-electron chi connectivity index (χ0n) is 10.9. The van der Waals surface area contributed by atoms with Gasteiger partial charge >= 0.3 is 0 Å². The minimum Gasteiger partial charge on any atom is -0.380 e. The fourth-order valence-corrected chi connectivity index (χ4v) is 3.53. The normalized spacial score (nSPS) is 34.5. The van der Waals surface area contributed by atoms with Crippen molar-refractivity contribution in [3.63, 3.8) is 0 Å². The van der Waals surface area contributed by atoms with Crippen molar-refractivity contribution in [2.75, 3.05) is 19.8 Å². The largest absolute Gasteiger partial charge is 0.380 e. The van der Waals surface area contributed by atoms with Crippen LogP contribution in [-0.4, -0.2) is 25.8 Å². The Morgan fingerprint density at radius 1 is 1.19 bits per heavy atom. The van der Waals surface area contributed by atoms with Crippen LogP contribution in [0.3, 0.4) is 0 Å². The zero-order valence-corrected chi connectivity index (χ0v) is 10.9. The van der Waals surface area contributed by atoms with E-state index in [4.69, 9.17) is 4.74 Å². The fraction of sp³-hybridized carbons (Fsp3) is 1.00. The van der Waals surface area contributed by atoms with Gasteiger partial charge < -0.3 is 10.1 Å². The molecule has 0 amide bonds. The molecule has 3 atom stereocenters. The van der Waals surface area contributed by atoms with E-state index in [9.17, 15) is 0 Å². The molecular weight excluding hydrogens is 198 g/mol. The molecule has 1 N–H and O–H groups in total.